The third kappa shape index (κ3) is 14.1. The number of hydrogen-bond donors (Lipinski definition) is 2. The van der Waals surface area contributed by atoms with Gasteiger partial charge in [0.1, 0.15) is 0 Å². The van der Waals surface area contributed by atoms with Crippen LogP contribution >= 0.6 is 0 Å². The van der Waals surface area contributed by atoms with Crippen LogP contribution in [-0.2, 0) is 76.6 Å². The maximum Gasteiger partial charge on any atom is 0.458 e. The lowest BCUT2D eigenvalue weighted by atomic mass is 10.0. The number of nitrogens with zero attached hydrogens (tertiary/aromatic N) is 6. The molecule has 4 heterocycles. The predicted molar refractivity (Wildman–Crippen MR) is 191 cm³/mol. The van der Waals surface area contributed by atoms with Crippen molar-refractivity contribution in [2.45, 2.75) is 73.1 Å². The van der Waals surface area contributed by atoms with Gasteiger partial charge in [-0.3, -0.25) is 9.59 Å². The molecule has 4 rings (SSSR count). The number of oxime groups is 2. The van der Waals surface area contributed by atoms with Crippen LogP contribution in [0, 0.1) is 0 Å². The summed E-state index contributed by atoms with van der Waals surface area (Å²) >= 11 is 0. The van der Waals surface area contributed by atoms with Gasteiger partial charge in [-0.15, -0.1) is 0 Å². The molecule has 0 saturated carbocycles. The molecular formula is C36H22F32N6O4. The molecule has 2 N–H and O–H groups in total. The molecular weight excluding hydrogens is 1190 g/mol. The van der Waals surface area contributed by atoms with Crippen LogP contribution in [0.2, 0.25) is 0 Å². The molecule has 10 nitrogen and oxygen atoms in total. The lowest BCUT2D eigenvalue weighted by molar-refractivity contribution is -0.291. The third-order valence-electron chi connectivity index (χ3n) is 9.40. The van der Waals surface area contributed by atoms with Gasteiger partial charge in [-0.05, 0) is 0 Å². The zero-order valence-electron chi connectivity index (χ0n) is 37.1. The number of alkyl halides is 32. The Morgan fingerprint density at radius 3 is 0.744 bits per heavy atom. The molecule has 0 aliphatic carbocycles. The molecule has 0 spiro atoms. The smallest absolute Gasteiger partial charge is 0.411 e. The SMILES string of the molecule is Cn1cc(C(F)(F)C(F)(F)F)c(C(F)(F)F)c1/C=N/O.Cn1cc(C(F)(F)C(F)(F)F)c(C(F)(F)F)c1C=O.Cn1cc(C(F)(F)F)c(C(F)(F)C(F)(F)F)c1/C=N/O.Cn1cc(C(F)(F)F)c(C(F)(F)C(F)(F)F)c1C=O. The number of halogens is 32. The van der Waals surface area contributed by atoms with Crippen molar-refractivity contribution in [3.8, 4) is 0 Å². The van der Waals surface area contributed by atoms with E-state index in [0.29, 0.717) is 9.13 Å². The van der Waals surface area contributed by atoms with Gasteiger partial charge in [-0.2, -0.15) is 140 Å². The summed E-state index contributed by atoms with van der Waals surface area (Å²) in [5.74, 6) is -22.9. The molecule has 0 aliphatic rings. The Kier molecular flexibility index (Phi) is 19.6. The van der Waals surface area contributed by atoms with E-state index in [2.05, 4.69) is 10.3 Å². The first-order chi connectivity index (χ1) is 34.3. The van der Waals surface area contributed by atoms with E-state index < -0.39 is 153 Å². The fourth-order valence-electron chi connectivity index (χ4n) is 6.02. The quantitative estimate of drug-likeness (QED) is 0.0600. The van der Waals surface area contributed by atoms with E-state index in [-0.39, 0.29) is 46.4 Å². The normalized spacial score (nSPS) is 14.0. The van der Waals surface area contributed by atoms with Crippen LogP contribution in [0.1, 0.15) is 76.9 Å². The molecule has 0 aliphatic heterocycles. The second-order valence-corrected chi connectivity index (χ2v) is 14.7. The summed E-state index contributed by atoms with van der Waals surface area (Å²) in [5, 5.41) is 20.8. The molecule has 42 heteroatoms. The number of rotatable bonds is 8. The van der Waals surface area contributed by atoms with E-state index >= 15 is 0 Å². The highest BCUT2D eigenvalue weighted by molar-refractivity contribution is 5.82. The summed E-state index contributed by atoms with van der Waals surface area (Å²) in [4.78, 5) is 20.9. The molecule has 0 atom stereocenters. The Hall–Kier alpha value is -6.84. The van der Waals surface area contributed by atoms with E-state index in [9.17, 15) is 150 Å². The van der Waals surface area contributed by atoms with Crippen molar-refractivity contribution in [3.05, 3.63) is 92.1 Å². The summed E-state index contributed by atoms with van der Waals surface area (Å²) in [7, 11) is 3.13. The molecule has 0 bridgehead atoms. The van der Waals surface area contributed by atoms with E-state index in [1.165, 1.54) is 0 Å². The van der Waals surface area contributed by atoms with Crippen LogP contribution in [0.25, 0.3) is 0 Å². The molecule has 0 saturated heterocycles. The number of carbonyl (C=O) groups is 2. The van der Waals surface area contributed by atoms with Crippen molar-refractivity contribution in [1.29, 1.82) is 0 Å². The fraction of sp³-hybridized carbons (Fsp3) is 0.444. The highest BCUT2D eigenvalue weighted by Crippen LogP contribution is 2.53. The van der Waals surface area contributed by atoms with Crippen LogP contribution in [0.5, 0.6) is 0 Å². The molecule has 4 aromatic heterocycles. The molecule has 0 aromatic carbocycles. The van der Waals surface area contributed by atoms with Crippen LogP contribution in [-0.4, -0.2) is 78.4 Å². The topological polar surface area (TPSA) is 119 Å². The minimum Gasteiger partial charge on any atom is -0.411 e. The number of hydrogen-bond acceptors (Lipinski definition) is 6. The van der Waals surface area contributed by atoms with Gasteiger partial charge in [0, 0.05) is 53.0 Å². The standard InChI is InChI=1S/2C9H6F8N2O.2C9H5F8NO/c1-19-3-4(8(12,13)14)6(5(19)2-18-20)7(10,11)9(15,16)17;1-19-3-4(7(10,11)9(15,16)17)6(8(12,13)14)5(19)2-18-20;1-18-2-4(8(12,13)14)6(5(18)3-19)7(10,11)9(15,16)17;1-18-2-4(7(10,11)9(15,16)17)6(5(18)3-19)8(12,13)14/h2*2-3,20H,1H3;2*2-3H,1H3/b2*18-2+;;. The molecule has 0 fully saturated rings. The van der Waals surface area contributed by atoms with Gasteiger partial charge in [0.2, 0.25) is 0 Å². The number of aryl methyl sites for hydroxylation is 4. The zero-order valence-corrected chi connectivity index (χ0v) is 37.1. The summed E-state index contributed by atoms with van der Waals surface area (Å²) in [6.07, 6.45) is -47.4. The number of carbonyl (C=O) groups excluding carboxylic acids is 2. The second kappa shape index (κ2) is 22.1. The second-order valence-electron chi connectivity index (χ2n) is 14.7. The van der Waals surface area contributed by atoms with Gasteiger partial charge < -0.3 is 28.7 Å². The average Bonchev–Trinajstić information content (AvgIpc) is 3.97. The minimum absolute atomic E-state index is 0.00662. The van der Waals surface area contributed by atoms with Gasteiger partial charge in [0.05, 0.1) is 79.7 Å². The van der Waals surface area contributed by atoms with Crippen molar-refractivity contribution in [2.75, 3.05) is 0 Å². The van der Waals surface area contributed by atoms with E-state index in [4.69, 9.17) is 10.4 Å². The Bertz CT molecular complexity index is 2800. The fourth-order valence-corrected chi connectivity index (χ4v) is 6.02. The first-order valence-electron chi connectivity index (χ1n) is 18.5. The molecule has 4 aromatic rings. The summed E-state index contributed by atoms with van der Waals surface area (Å²) in [6.45, 7) is 0. The minimum atomic E-state index is -6.24. The van der Waals surface area contributed by atoms with Gasteiger partial charge in [-0.1, -0.05) is 10.3 Å². The van der Waals surface area contributed by atoms with Crippen LogP contribution < -0.4 is 0 Å². The zero-order chi connectivity index (χ0) is 62.3. The van der Waals surface area contributed by atoms with Gasteiger partial charge >= 0.3 is 73.1 Å². The van der Waals surface area contributed by atoms with Crippen LogP contribution in [0.3, 0.4) is 0 Å². The van der Waals surface area contributed by atoms with E-state index in [1.807, 2.05) is 0 Å². The van der Waals surface area contributed by atoms with Crippen molar-refractivity contribution in [1.82, 2.24) is 18.3 Å². The van der Waals surface area contributed by atoms with Crippen LogP contribution in [0.15, 0.2) is 35.1 Å². The Morgan fingerprint density at radius 2 is 0.526 bits per heavy atom. The van der Waals surface area contributed by atoms with Crippen molar-refractivity contribution < 1.29 is 160 Å². The van der Waals surface area contributed by atoms with Gasteiger partial charge in [0.25, 0.3) is 0 Å². The van der Waals surface area contributed by atoms with Crippen LogP contribution in [0.4, 0.5) is 140 Å². The van der Waals surface area contributed by atoms with Gasteiger partial charge in [-0.25, -0.2) is 0 Å². The summed E-state index contributed by atoms with van der Waals surface area (Å²) < 4.78 is 404. The Morgan fingerprint density at radius 1 is 0.321 bits per heavy atom. The van der Waals surface area contributed by atoms with Gasteiger partial charge in [0.15, 0.2) is 12.6 Å². The largest absolute Gasteiger partial charge is 0.458 e. The first kappa shape index (κ1) is 69.2. The predicted octanol–water partition coefficient (Wildman–Crippen LogP) is 14.0. The summed E-state index contributed by atoms with van der Waals surface area (Å²) in [5.41, 5.74) is -23.1. The number of aromatic nitrogens is 4. The molecule has 0 radical (unpaired) electrons. The Balaban J connectivity index is 0.000000520. The van der Waals surface area contributed by atoms with E-state index in [0.717, 1.165) is 28.2 Å². The van der Waals surface area contributed by atoms with Crippen molar-refractivity contribution >= 4 is 25.0 Å². The maximum absolute atomic E-state index is 13.3. The molecule has 0 unspecified atom stereocenters. The monoisotopic (exact) mass is 1210 g/mol. The highest BCUT2D eigenvalue weighted by atomic mass is 19.5. The Labute approximate surface area is 408 Å². The molecule has 0 amide bonds. The maximum atomic E-state index is 13.3. The third-order valence-corrected chi connectivity index (χ3v) is 9.40. The molecule has 444 valence electrons. The number of aldehydes is 2. The summed E-state index contributed by atoms with van der Waals surface area (Å²) in [6, 6.07) is 0. The van der Waals surface area contributed by atoms with E-state index in [1.54, 1.807) is 0 Å². The van der Waals surface area contributed by atoms with Crippen molar-refractivity contribution in [2.24, 2.45) is 38.5 Å². The van der Waals surface area contributed by atoms with Crippen molar-refractivity contribution in [3.63, 3.8) is 0 Å². The first-order valence-corrected chi connectivity index (χ1v) is 18.5. The molecule has 78 heavy (non-hydrogen) atoms. The lowest BCUT2D eigenvalue weighted by Gasteiger charge is -2.22. The average molecular weight is 1210 g/mol. The highest BCUT2D eigenvalue weighted by Gasteiger charge is 2.66. The lowest BCUT2D eigenvalue weighted by Crippen LogP contribution is -2.36.